The third kappa shape index (κ3) is 5.13. The Labute approximate surface area is 344 Å². The Bertz CT molecular complexity index is 3760. The molecule has 13 rings (SSSR count). The summed E-state index contributed by atoms with van der Waals surface area (Å²) in [5.41, 5.74) is 8.17. The molecule has 3 heterocycles. The van der Waals surface area contributed by atoms with Crippen LogP contribution in [0.4, 0.5) is 0 Å². The largest absolute Gasteiger partial charge is 0.453 e. The fourth-order valence-corrected chi connectivity index (χ4v) is 9.62. The Kier molecular flexibility index (Phi) is 7.14. The van der Waals surface area contributed by atoms with Crippen LogP contribution in [0.5, 0.6) is 0 Å². The van der Waals surface area contributed by atoms with E-state index in [1.807, 2.05) is 0 Å². The molecule has 1 aliphatic heterocycles. The van der Waals surface area contributed by atoms with Crippen LogP contribution < -0.4 is 10.6 Å². The number of aromatic nitrogens is 1. The standard InChI is InChI=1S/C55H36N4O/c1-3-14-36-27-40(23-21-33(36)11-1)53-56-54(41-24-22-34-12-2-4-15-37(34)28-41)58-55(57-53)42-30-47-45-26-25-35-13-7-8-18-43(35)51(45)60-52(47)50(32-42)59-48-20-10-9-19-44(48)46-29-38-16-5-6-17-39(38)31-49(46)59/h1-32,53-54,56H,(H,57,58). The minimum atomic E-state index is -0.314. The van der Waals surface area contributed by atoms with Gasteiger partial charge in [-0.05, 0) is 97.4 Å². The van der Waals surface area contributed by atoms with Gasteiger partial charge in [-0.3, -0.25) is 5.32 Å². The first-order valence-electron chi connectivity index (χ1n) is 20.6. The van der Waals surface area contributed by atoms with Crippen molar-refractivity contribution in [3.05, 3.63) is 211 Å². The lowest BCUT2D eigenvalue weighted by Gasteiger charge is -2.32. The highest BCUT2D eigenvalue weighted by Crippen LogP contribution is 2.42. The van der Waals surface area contributed by atoms with Gasteiger partial charge in [0.05, 0.1) is 16.7 Å². The summed E-state index contributed by atoms with van der Waals surface area (Å²) >= 11 is 0. The molecule has 5 nitrogen and oxygen atoms in total. The maximum Gasteiger partial charge on any atom is 0.159 e. The van der Waals surface area contributed by atoms with Crippen molar-refractivity contribution in [3.63, 3.8) is 0 Å². The number of fused-ring (bicyclic) bond motifs is 11. The first kappa shape index (κ1) is 33.3. The quantitative estimate of drug-likeness (QED) is 0.187. The number of para-hydroxylation sites is 1. The normalized spacial score (nSPS) is 15.8. The van der Waals surface area contributed by atoms with E-state index in [-0.39, 0.29) is 12.3 Å². The van der Waals surface area contributed by atoms with Gasteiger partial charge < -0.3 is 14.3 Å². The van der Waals surface area contributed by atoms with Crippen molar-refractivity contribution in [3.8, 4) is 5.69 Å². The van der Waals surface area contributed by atoms with Gasteiger partial charge in [-0.25, -0.2) is 4.99 Å². The first-order valence-corrected chi connectivity index (χ1v) is 20.6. The summed E-state index contributed by atoms with van der Waals surface area (Å²) in [7, 11) is 0. The molecular formula is C55H36N4O. The predicted molar refractivity (Wildman–Crippen MR) is 249 cm³/mol. The minimum absolute atomic E-state index is 0.220. The third-order valence-electron chi connectivity index (χ3n) is 12.6. The van der Waals surface area contributed by atoms with E-state index in [0.717, 1.165) is 72.0 Å². The first-order chi connectivity index (χ1) is 29.7. The molecule has 2 unspecified atom stereocenters. The Balaban J connectivity index is 1.09. The van der Waals surface area contributed by atoms with Crippen LogP contribution in [0.25, 0.3) is 92.5 Å². The fraction of sp³-hybridized carbons (Fsp3) is 0.0364. The topological polar surface area (TPSA) is 54.5 Å². The number of furan rings is 1. The van der Waals surface area contributed by atoms with Crippen molar-refractivity contribution < 1.29 is 4.42 Å². The second-order valence-corrected chi connectivity index (χ2v) is 16.0. The molecule has 1 aliphatic rings. The summed E-state index contributed by atoms with van der Waals surface area (Å²) in [5, 5.41) is 21.8. The van der Waals surface area contributed by atoms with Gasteiger partial charge >= 0.3 is 0 Å². The molecule has 2 aromatic heterocycles. The van der Waals surface area contributed by atoms with Crippen molar-refractivity contribution >= 4 is 92.7 Å². The molecule has 2 atom stereocenters. The zero-order valence-electron chi connectivity index (χ0n) is 32.4. The molecule has 10 aromatic carbocycles. The van der Waals surface area contributed by atoms with E-state index in [4.69, 9.17) is 9.41 Å². The Hall–Kier alpha value is -7.73. The number of aliphatic imine (C=N–C) groups is 1. The van der Waals surface area contributed by atoms with Gasteiger partial charge in [0, 0.05) is 32.5 Å². The lowest BCUT2D eigenvalue weighted by Crippen LogP contribution is -2.45. The third-order valence-corrected chi connectivity index (χ3v) is 12.6. The average Bonchev–Trinajstić information content (AvgIpc) is 3.85. The van der Waals surface area contributed by atoms with E-state index >= 15 is 0 Å². The van der Waals surface area contributed by atoms with E-state index in [1.165, 1.54) is 43.1 Å². The van der Waals surface area contributed by atoms with Gasteiger partial charge in [-0.2, -0.15) is 0 Å². The Morgan fingerprint density at radius 3 is 1.78 bits per heavy atom. The van der Waals surface area contributed by atoms with Crippen molar-refractivity contribution in [2.24, 2.45) is 4.99 Å². The average molecular weight is 769 g/mol. The van der Waals surface area contributed by atoms with Gasteiger partial charge in [0.25, 0.3) is 0 Å². The zero-order chi connectivity index (χ0) is 39.3. The highest BCUT2D eigenvalue weighted by Gasteiger charge is 2.28. The van der Waals surface area contributed by atoms with Crippen LogP contribution in [0.15, 0.2) is 204 Å². The highest BCUT2D eigenvalue weighted by molar-refractivity contribution is 6.20. The maximum absolute atomic E-state index is 7.12. The van der Waals surface area contributed by atoms with Crippen LogP contribution in [0.3, 0.4) is 0 Å². The van der Waals surface area contributed by atoms with Crippen LogP contribution in [0.1, 0.15) is 29.0 Å². The molecule has 60 heavy (non-hydrogen) atoms. The molecule has 0 aliphatic carbocycles. The summed E-state index contributed by atoms with van der Waals surface area (Å²) in [6, 6.07) is 69.9. The molecular weight excluding hydrogens is 733 g/mol. The fourth-order valence-electron chi connectivity index (χ4n) is 9.62. The number of nitrogens with one attached hydrogen (secondary N) is 2. The molecule has 0 saturated heterocycles. The minimum Gasteiger partial charge on any atom is -0.453 e. The lowest BCUT2D eigenvalue weighted by molar-refractivity contribution is 0.409. The number of hydrogen-bond acceptors (Lipinski definition) is 4. The molecule has 282 valence electrons. The van der Waals surface area contributed by atoms with Gasteiger partial charge in [0.1, 0.15) is 23.8 Å². The van der Waals surface area contributed by atoms with E-state index in [0.29, 0.717) is 0 Å². The smallest absolute Gasteiger partial charge is 0.159 e. The molecule has 0 fully saturated rings. The number of nitrogens with zero attached hydrogens (tertiary/aromatic N) is 2. The number of amidine groups is 1. The summed E-state index contributed by atoms with van der Waals surface area (Å²) in [4.78, 5) is 5.53. The van der Waals surface area contributed by atoms with Crippen LogP contribution in [-0.4, -0.2) is 10.4 Å². The molecule has 12 aromatic rings. The van der Waals surface area contributed by atoms with E-state index < -0.39 is 0 Å². The molecule has 2 N–H and O–H groups in total. The molecule has 0 bridgehead atoms. The summed E-state index contributed by atoms with van der Waals surface area (Å²) in [5.74, 6) is 0.814. The van der Waals surface area contributed by atoms with Gasteiger partial charge in [-0.1, -0.05) is 146 Å². The molecule has 0 spiro atoms. The van der Waals surface area contributed by atoms with Crippen LogP contribution in [-0.2, 0) is 0 Å². The van der Waals surface area contributed by atoms with Gasteiger partial charge in [-0.15, -0.1) is 0 Å². The van der Waals surface area contributed by atoms with Gasteiger partial charge in [0.2, 0.25) is 0 Å². The maximum atomic E-state index is 7.12. The predicted octanol–water partition coefficient (Wildman–Crippen LogP) is 13.6. The summed E-state index contributed by atoms with van der Waals surface area (Å²) in [6.45, 7) is 0. The Morgan fingerprint density at radius 2 is 1.02 bits per heavy atom. The molecule has 0 radical (unpaired) electrons. The van der Waals surface area contributed by atoms with Crippen molar-refractivity contribution in [1.29, 1.82) is 0 Å². The van der Waals surface area contributed by atoms with E-state index in [1.54, 1.807) is 0 Å². The van der Waals surface area contributed by atoms with Crippen molar-refractivity contribution in [2.75, 3.05) is 0 Å². The van der Waals surface area contributed by atoms with Crippen molar-refractivity contribution in [2.45, 2.75) is 12.3 Å². The number of benzene rings is 10. The highest BCUT2D eigenvalue weighted by atomic mass is 16.3. The SMILES string of the molecule is c1ccc2cc(C3N=C(c4cc(-n5c6ccccc6c6cc7ccccc7cc65)c5oc6c7ccccc7ccc6c5c4)NC(c4ccc5ccccc5c4)N3)ccc2c1. The molecule has 5 heteroatoms. The van der Waals surface area contributed by atoms with Crippen molar-refractivity contribution in [1.82, 2.24) is 15.2 Å². The number of rotatable bonds is 4. The van der Waals surface area contributed by atoms with E-state index in [9.17, 15) is 0 Å². The summed E-state index contributed by atoms with van der Waals surface area (Å²) < 4.78 is 9.52. The van der Waals surface area contributed by atoms with Gasteiger partial charge in [0.15, 0.2) is 5.58 Å². The van der Waals surface area contributed by atoms with Crippen LogP contribution >= 0.6 is 0 Å². The number of hydrogen-bond donors (Lipinski definition) is 2. The monoisotopic (exact) mass is 768 g/mol. The molecule has 0 saturated carbocycles. The lowest BCUT2D eigenvalue weighted by atomic mass is 10.0. The second kappa shape index (κ2) is 12.9. The van der Waals surface area contributed by atoms with E-state index in [2.05, 4.69) is 209 Å². The second-order valence-electron chi connectivity index (χ2n) is 16.0. The Morgan fingerprint density at radius 1 is 0.417 bits per heavy atom. The zero-order valence-corrected chi connectivity index (χ0v) is 32.4. The van der Waals surface area contributed by atoms with Crippen LogP contribution in [0, 0.1) is 0 Å². The van der Waals surface area contributed by atoms with Crippen LogP contribution in [0.2, 0.25) is 0 Å². The summed E-state index contributed by atoms with van der Waals surface area (Å²) in [6.07, 6.45) is -0.534. The molecule has 0 amide bonds.